The van der Waals surface area contributed by atoms with E-state index in [2.05, 4.69) is 5.32 Å². The fourth-order valence-corrected chi connectivity index (χ4v) is 2.10. The SMILES string of the molecule is CC1(C)C(=O)NC2=C1C(=O)CCC2. The lowest BCUT2D eigenvalue weighted by Crippen LogP contribution is -2.29. The van der Waals surface area contributed by atoms with Crippen LogP contribution in [0, 0.1) is 5.41 Å². The lowest BCUT2D eigenvalue weighted by atomic mass is 9.79. The van der Waals surface area contributed by atoms with Crippen molar-refractivity contribution in [1.82, 2.24) is 5.32 Å². The Morgan fingerprint density at radius 2 is 1.92 bits per heavy atom. The van der Waals surface area contributed by atoms with E-state index >= 15 is 0 Å². The van der Waals surface area contributed by atoms with Gasteiger partial charge >= 0.3 is 0 Å². The van der Waals surface area contributed by atoms with Gasteiger partial charge in [-0.25, -0.2) is 0 Å². The van der Waals surface area contributed by atoms with Crippen LogP contribution in [-0.2, 0) is 9.59 Å². The fraction of sp³-hybridized carbons (Fsp3) is 0.600. The van der Waals surface area contributed by atoms with E-state index in [1.807, 2.05) is 13.8 Å². The molecule has 1 aliphatic heterocycles. The molecule has 70 valence electrons. The van der Waals surface area contributed by atoms with Crippen LogP contribution in [0.5, 0.6) is 0 Å². The molecular weight excluding hydrogens is 166 g/mol. The van der Waals surface area contributed by atoms with E-state index in [-0.39, 0.29) is 11.7 Å². The lowest BCUT2D eigenvalue weighted by molar-refractivity contribution is -0.127. The predicted molar refractivity (Wildman–Crippen MR) is 47.8 cm³/mol. The Hall–Kier alpha value is -1.12. The number of hydrogen-bond acceptors (Lipinski definition) is 2. The van der Waals surface area contributed by atoms with E-state index in [1.165, 1.54) is 0 Å². The molecule has 0 bridgehead atoms. The standard InChI is InChI=1S/C10H13NO2/c1-10(2)8-6(11-9(10)13)4-3-5-7(8)12/h3-5H2,1-2H3,(H,11,13). The minimum atomic E-state index is -0.604. The maximum Gasteiger partial charge on any atom is 0.234 e. The average molecular weight is 179 g/mol. The Morgan fingerprint density at radius 1 is 1.23 bits per heavy atom. The molecule has 1 amide bonds. The predicted octanol–water partition coefficient (Wildman–Crippen LogP) is 1.15. The van der Waals surface area contributed by atoms with Crippen LogP contribution in [0.15, 0.2) is 11.3 Å². The monoisotopic (exact) mass is 179 g/mol. The molecule has 3 heteroatoms. The van der Waals surface area contributed by atoms with E-state index in [0.29, 0.717) is 6.42 Å². The first-order valence-electron chi connectivity index (χ1n) is 4.62. The first-order valence-corrected chi connectivity index (χ1v) is 4.62. The number of nitrogens with one attached hydrogen (secondary N) is 1. The van der Waals surface area contributed by atoms with Gasteiger partial charge in [-0.2, -0.15) is 0 Å². The molecule has 0 aromatic rings. The van der Waals surface area contributed by atoms with Crippen molar-refractivity contribution in [3.63, 3.8) is 0 Å². The van der Waals surface area contributed by atoms with Crippen molar-refractivity contribution < 1.29 is 9.59 Å². The zero-order chi connectivity index (χ0) is 9.64. The minimum Gasteiger partial charge on any atom is -0.329 e. The van der Waals surface area contributed by atoms with Crippen molar-refractivity contribution in [2.24, 2.45) is 5.41 Å². The van der Waals surface area contributed by atoms with Gasteiger partial charge in [0, 0.05) is 17.7 Å². The molecule has 0 saturated heterocycles. The van der Waals surface area contributed by atoms with Crippen LogP contribution in [0.25, 0.3) is 0 Å². The van der Waals surface area contributed by atoms with Crippen LogP contribution in [0.2, 0.25) is 0 Å². The Morgan fingerprint density at radius 3 is 2.54 bits per heavy atom. The van der Waals surface area contributed by atoms with Gasteiger partial charge in [-0.05, 0) is 26.7 Å². The normalized spacial score (nSPS) is 26.0. The lowest BCUT2D eigenvalue weighted by Gasteiger charge is -2.20. The molecule has 0 unspecified atom stereocenters. The summed E-state index contributed by atoms with van der Waals surface area (Å²) in [4.78, 5) is 23.1. The second kappa shape index (κ2) is 2.44. The summed E-state index contributed by atoms with van der Waals surface area (Å²) in [5.41, 5.74) is 0.988. The van der Waals surface area contributed by atoms with Gasteiger partial charge in [-0.3, -0.25) is 9.59 Å². The Balaban J connectivity index is 2.49. The molecule has 0 aromatic carbocycles. The van der Waals surface area contributed by atoms with Gasteiger partial charge in [0.15, 0.2) is 5.78 Å². The molecule has 2 rings (SSSR count). The van der Waals surface area contributed by atoms with Crippen molar-refractivity contribution in [3.8, 4) is 0 Å². The molecule has 0 atom stereocenters. The number of Topliss-reactive ketones (excluding diaryl/α,β-unsaturated/α-hetero) is 1. The smallest absolute Gasteiger partial charge is 0.234 e. The van der Waals surface area contributed by atoms with Crippen LogP contribution < -0.4 is 5.32 Å². The summed E-state index contributed by atoms with van der Waals surface area (Å²) in [7, 11) is 0. The van der Waals surface area contributed by atoms with Gasteiger partial charge in [-0.1, -0.05) is 0 Å². The van der Waals surface area contributed by atoms with Crippen LogP contribution in [-0.4, -0.2) is 11.7 Å². The maximum atomic E-state index is 11.6. The van der Waals surface area contributed by atoms with Crippen LogP contribution in [0.1, 0.15) is 33.1 Å². The zero-order valence-electron chi connectivity index (χ0n) is 7.94. The summed E-state index contributed by atoms with van der Waals surface area (Å²) in [5, 5.41) is 2.80. The van der Waals surface area contributed by atoms with Crippen LogP contribution in [0.4, 0.5) is 0 Å². The van der Waals surface area contributed by atoms with Crippen molar-refractivity contribution >= 4 is 11.7 Å². The summed E-state index contributed by atoms with van der Waals surface area (Å²) in [6.45, 7) is 3.63. The van der Waals surface area contributed by atoms with E-state index in [0.717, 1.165) is 24.1 Å². The third-order valence-corrected chi connectivity index (χ3v) is 2.87. The van der Waals surface area contributed by atoms with E-state index in [1.54, 1.807) is 0 Å². The Kier molecular flexibility index (Phi) is 1.59. The number of allylic oxidation sites excluding steroid dienone is 1. The van der Waals surface area contributed by atoms with Crippen molar-refractivity contribution in [3.05, 3.63) is 11.3 Å². The summed E-state index contributed by atoms with van der Waals surface area (Å²) < 4.78 is 0. The number of hydrogen-bond donors (Lipinski definition) is 1. The minimum absolute atomic E-state index is 0.0345. The molecule has 0 spiro atoms. The fourth-order valence-electron chi connectivity index (χ4n) is 2.10. The van der Waals surface area contributed by atoms with Gasteiger partial charge in [0.05, 0.1) is 5.41 Å². The van der Waals surface area contributed by atoms with Crippen molar-refractivity contribution in [1.29, 1.82) is 0 Å². The molecule has 0 radical (unpaired) electrons. The van der Waals surface area contributed by atoms with Gasteiger partial charge in [0.25, 0.3) is 0 Å². The van der Waals surface area contributed by atoms with E-state index in [4.69, 9.17) is 0 Å². The summed E-state index contributed by atoms with van der Waals surface area (Å²) >= 11 is 0. The second-order valence-electron chi connectivity index (χ2n) is 4.21. The van der Waals surface area contributed by atoms with Gasteiger partial charge in [0.1, 0.15) is 0 Å². The highest BCUT2D eigenvalue weighted by molar-refractivity contribution is 6.08. The summed E-state index contributed by atoms with van der Waals surface area (Å²) in [6.07, 6.45) is 2.31. The Bertz CT molecular complexity index is 326. The molecule has 3 nitrogen and oxygen atoms in total. The highest BCUT2D eigenvalue weighted by Crippen LogP contribution is 2.39. The van der Waals surface area contributed by atoms with Gasteiger partial charge < -0.3 is 5.32 Å². The average Bonchev–Trinajstić information content (AvgIpc) is 2.24. The molecule has 1 N–H and O–H groups in total. The third-order valence-electron chi connectivity index (χ3n) is 2.87. The highest BCUT2D eigenvalue weighted by Gasteiger charge is 2.44. The summed E-state index contributed by atoms with van der Waals surface area (Å²) in [5.74, 6) is 0.109. The Labute approximate surface area is 77.2 Å². The second-order valence-corrected chi connectivity index (χ2v) is 4.21. The number of ketones is 1. The van der Waals surface area contributed by atoms with Crippen LogP contribution in [0.3, 0.4) is 0 Å². The van der Waals surface area contributed by atoms with Crippen LogP contribution >= 0.6 is 0 Å². The molecule has 13 heavy (non-hydrogen) atoms. The zero-order valence-corrected chi connectivity index (χ0v) is 7.94. The highest BCUT2D eigenvalue weighted by atomic mass is 16.2. The van der Waals surface area contributed by atoms with E-state index in [9.17, 15) is 9.59 Å². The van der Waals surface area contributed by atoms with Gasteiger partial charge in [-0.15, -0.1) is 0 Å². The number of amides is 1. The topological polar surface area (TPSA) is 46.2 Å². The quantitative estimate of drug-likeness (QED) is 0.606. The third kappa shape index (κ3) is 1.03. The number of carbonyl (C=O) groups excluding carboxylic acids is 2. The molecule has 1 heterocycles. The largest absolute Gasteiger partial charge is 0.329 e. The van der Waals surface area contributed by atoms with Crippen molar-refractivity contribution in [2.75, 3.05) is 0 Å². The number of carbonyl (C=O) groups is 2. The summed E-state index contributed by atoms with van der Waals surface area (Å²) in [6, 6.07) is 0. The molecule has 0 aromatic heterocycles. The molecular formula is C10H13NO2. The first kappa shape index (κ1) is 8.48. The molecule has 1 aliphatic carbocycles. The molecule has 0 saturated carbocycles. The first-order chi connectivity index (χ1) is 6.03. The van der Waals surface area contributed by atoms with E-state index < -0.39 is 5.41 Å². The molecule has 0 fully saturated rings. The maximum absolute atomic E-state index is 11.6. The number of rotatable bonds is 0. The van der Waals surface area contributed by atoms with Gasteiger partial charge in [0.2, 0.25) is 5.91 Å². The van der Waals surface area contributed by atoms with Crippen molar-refractivity contribution in [2.45, 2.75) is 33.1 Å². The molecule has 2 aliphatic rings.